The number of nitroso groups, excluding NO2 is 1. The molecule has 0 aliphatic carbocycles. The molecule has 0 atom stereocenters. The maximum Gasteiger partial charge on any atom is 0.255 e. The van der Waals surface area contributed by atoms with Gasteiger partial charge < -0.3 is 10.1 Å². The fourth-order valence-electron chi connectivity index (χ4n) is 3.01. The van der Waals surface area contributed by atoms with Crippen molar-refractivity contribution < 1.29 is 9.53 Å². The number of rotatable bonds is 5. The van der Waals surface area contributed by atoms with Gasteiger partial charge in [0, 0.05) is 16.8 Å². The van der Waals surface area contributed by atoms with E-state index in [1.54, 1.807) is 37.5 Å². The molecule has 1 amide bonds. The van der Waals surface area contributed by atoms with E-state index in [1.807, 2.05) is 42.5 Å². The summed E-state index contributed by atoms with van der Waals surface area (Å²) >= 11 is 1.59. The van der Waals surface area contributed by atoms with Crippen LogP contribution in [-0.2, 0) is 0 Å². The van der Waals surface area contributed by atoms with Crippen LogP contribution in [-0.4, -0.2) is 18.0 Å². The smallest absolute Gasteiger partial charge is 0.255 e. The quantitative estimate of drug-likeness (QED) is 0.419. The zero-order valence-corrected chi connectivity index (χ0v) is 16.6. The van der Waals surface area contributed by atoms with Crippen molar-refractivity contribution in [1.29, 1.82) is 0 Å². The average molecular weight is 403 g/mol. The number of ether oxygens (including phenoxy) is 1. The molecule has 1 aromatic heterocycles. The van der Waals surface area contributed by atoms with Crippen LogP contribution in [0.15, 0.2) is 65.8 Å². The van der Waals surface area contributed by atoms with Gasteiger partial charge >= 0.3 is 0 Å². The lowest BCUT2D eigenvalue weighted by Crippen LogP contribution is -2.13. The number of nitrogens with one attached hydrogen (secondary N) is 1. The third-order valence-corrected chi connectivity index (χ3v) is 5.61. The Hall–Kier alpha value is -3.58. The number of nitrogens with zero attached hydrogens (tertiary/aromatic N) is 2. The standard InChI is InChI=1S/C22H17N3O3S/c1-13-11-16(25-27)7-9-18(13)21(26)23-15-5-3-14(4-6-15)22-24-19-10-8-17(28-2)12-20(19)29-22/h3-12H,1-2H3,(H,23,26). The Labute approximate surface area is 171 Å². The molecule has 1 N–H and O–H groups in total. The number of hydrogen-bond acceptors (Lipinski definition) is 6. The Morgan fingerprint density at radius 2 is 1.86 bits per heavy atom. The van der Waals surface area contributed by atoms with E-state index in [2.05, 4.69) is 15.5 Å². The highest BCUT2D eigenvalue weighted by Crippen LogP contribution is 2.32. The first-order valence-corrected chi connectivity index (χ1v) is 9.69. The number of fused-ring (bicyclic) bond motifs is 1. The van der Waals surface area contributed by atoms with Gasteiger partial charge in [-0.25, -0.2) is 4.98 Å². The highest BCUT2D eigenvalue weighted by Gasteiger charge is 2.11. The number of thiazole rings is 1. The monoisotopic (exact) mass is 403 g/mol. The summed E-state index contributed by atoms with van der Waals surface area (Å²) in [7, 11) is 1.64. The minimum absolute atomic E-state index is 0.236. The molecule has 1 heterocycles. The highest BCUT2D eigenvalue weighted by molar-refractivity contribution is 7.21. The van der Waals surface area contributed by atoms with Gasteiger partial charge in [0.15, 0.2) is 0 Å². The van der Waals surface area contributed by atoms with Crippen LogP contribution in [0, 0.1) is 11.8 Å². The van der Waals surface area contributed by atoms with Crippen molar-refractivity contribution in [2.24, 2.45) is 5.18 Å². The number of aryl methyl sites for hydroxylation is 1. The van der Waals surface area contributed by atoms with Crippen LogP contribution in [0.3, 0.4) is 0 Å². The number of methoxy groups -OCH3 is 1. The third-order valence-electron chi connectivity index (χ3n) is 4.55. The topological polar surface area (TPSA) is 80.7 Å². The van der Waals surface area contributed by atoms with Crippen molar-refractivity contribution in [3.8, 4) is 16.3 Å². The highest BCUT2D eigenvalue weighted by atomic mass is 32.1. The molecule has 0 aliphatic heterocycles. The molecular formula is C22H17N3O3S. The van der Waals surface area contributed by atoms with Crippen molar-refractivity contribution in [2.75, 3.05) is 12.4 Å². The summed E-state index contributed by atoms with van der Waals surface area (Å²) in [6.07, 6.45) is 0. The summed E-state index contributed by atoms with van der Waals surface area (Å²) in [6, 6.07) is 18.1. The number of aromatic nitrogens is 1. The fourth-order valence-corrected chi connectivity index (χ4v) is 4.01. The maximum absolute atomic E-state index is 12.5. The van der Waals surface area contributed by atoms with Gasteiger partial charge in [-0.05, 0) is 78.3 Å². The van der Waals surface area contributed by atoms with Crippen molar-refractivity contribution >= 4 is 38.8 Å². The SMILES string of the molecule is COc1ccc2nc(-c3ccc(NC(=O)c4ccc(N=O)cc4C)cc3)sc2c1. The lowest BCUT2D eigenvalue weighted by atomic mass is 10.1. The van der Waals surface area contributed by atoms with Crippen molar-refractivity contribution in [2.45, 2.75) is 6.92 Å². The molecule has 0 bridgehead atoms. The van der Waals surface area contributed by atoms with Gasteiger partial charge in [-0.1, -0.05) is 0 Å². The van der Waals surface area contributed by atoms with Gasteiger partial charge in [-0.2, -0.15) is 0 Å². The van der Waals surface area contributed by atoms with Crippen LogP contribution >= 0.6 is 11.3 Å². The van der Waals surface area contributed by atoms with Crippen LogP contribution in [0.5, 0.6) is 5.75 Å². The van der Waals surface area contributed by atoms with E-state index < -0.39 is 0 Å². The zero-order chi connectivity index (χ0) is 20.4. The number of amides is 1. The summed E-state index contributed by atoms with van der Waals surface area (Å²) in [5.74, 6) is 0.567. The summed E-state index contributed by atoms with van der Waals surface area (Å²) < 4.78 is 6.32. The van der Waals surface area contributed by atoms with E-state index in [1.165, 1.54) is 6.07 Å². The van der Waals surface area contributed by atoms with Crippen LogP contribution < -0.4 is 10.1 Å². The van der Waals surface area contributed by atoms with E-state index in [9.17, 15) is 9.70 Å². The molecule has 0 saturated carbocycles. The zero-order valence-electron chi connectivity index (χ0n) is 15.8. The van der Waals surface area contributed by atoms with E-state index >= 15 is 0 Å². The Kier molecular flexibility index (Phi) is 5.05. The van der Waals surface area contributed by atoms with E-state index in [0.29, 0.717) is 22.5 Å². The van der Waals surface area contributed by atoms with Crippen LogP contribution in [0.1, 0.15) is 15.9 Å². The molecule has 0 spiro atoms. The van der Waals surface area contributed by atoms with Gasteiger partial charge in [0.05, 0.1) is 17.3 Å². The van der Waals surface area contributed by atoms with E-state index in [4.69, 9.17) is 4.74 Å². The fraction of sp³-hybridized carbons (Fsp3) is 0.0909. The van der Waals surface area contributed by atoms with E-state index in [-0.39, 0.29) is 5.91 Å². The first-order valence-electron chi connectivity index (χ1n) is 8.88. The Morgan fingerprint density at radius 3 is 2.55 bits per heavy atom. The number of benzene rings is 3. The second-order valence-electron chi connectivity index (χ2n) is 6.47. The van der Waals surface area contributed by atoms with Crippen molar-refractivity contribution in [3.63, 3.8) is 0 Å². The molecule has 0 fully saturated rings. The summed E-state index contributed by atoms with van der Waals surface area (Å²) in [5, 5.41) is 6.66. The largest absolute Gasteiger partial charge is 0.497 e. The number of carbonyl (C=O) groups excluding carboxylic acids is 1. The number of anilines is 1. The predicted octanol–water partition coefficient (Wildman–Crippen LogP) is 5.93. The van der Waals surface area contributed by atoms with Gasteiger partial charge in [-0.15, -0.1) is 16.2 Å². The summed E-state index contributed by atoms with van der Waals surface area (Å²) in [4.78, 5) is 27.8. The number of carbonyl (C=O) groups is 1. The molecule has 7 heteroatoms. The van der Waals surface area contributed by atoms with Gasteiger partial charge in [0.1, 0.15) is 16.4 Å². The molecule has 3 aromatic carbocycles. The maximum atomic E-state index is 12.5. The third kappa shape index (κ3) is 3.86. The summed E-state index contributed by atoms with van der Waals surface area (Å²) in [5.41, 5.74) is 4.07. The molecule has 29 heavy (non-hydrogen) atoms. The predicted molar refractivity (Wildman–Crippen MR) is 116 cm³/mol. The molecular weight excluding hydrogens is 386 g/mol. The van der Waals surface area contributed by atoms with Crippen molar-refractivity contribution in [1.82, 2.24) is 4.98 Å². The lowest BCUT2D eigenvalue weighted by Gasteiger charge is -2.08. The van der Waals surface area contributed by atoms with Gasteiger partial charge in [0.2, 0.25) is 0 Å². The first-order chi connectivity index (χ1) is 14.1. The van der Waals surface area contributed by atoms with E-state index in [0.717, 1.165) is 26.5 Å². The molecule has 0 unspecified atom stereocenters. The molecule has 4 aromatic rings. The molecule has 6 nitrogen and oxygen atoms in total. The minimum atomic E-state index is -0.236. The Morgan fingerprint density at radius 1 is 1.07 bits per heavy atom. The normalized spacial score (nSPS) is 10.7. The second-order valence-corrected chi connectivity index (χ2v) is 7.51. The number of hydrogen-bond donors (Lipinski definition) is 1. The molecule has 4 rings (SSSR count). The molecule has 144 valence electrons. The Bertz CT molecular complexity index is 1220. The average Bonchev–Trinajstić information content (AvgIpc) is 3.17. The molecule has 0 saturated heterocycles. The minimum Gasteiger partial charge on any atom is -0.497 e. The van der Waals surface area contributed by atoms with Crippen molar-refractivity contribution in [3.05, 3.63) is 76.7 Å². The van der Waals surface area contributed by atoms with Crippen LogP contribution in [0.25, 0.3) is 20.8 Å². The second kappa shape index (κ2) is 7.81. The first kappa shape index (κ1) is 18.8. The van der Waals surface area contributed by atoms with Crippen LogP contribution in [0.2, 0.25) is 0 Å². The molecule has 0 aliphatic rings. The summed E-state index contributed by atoms with van der Waals surface area (Å²) in [6.45, 7) is 1.77. The van der Waals surface area contributed by atoms with Gasteiger partial charge in [-0.3, -0.25) is 4.79 Å². The Balaban J connectivity index is 1.53. The van der Waals surface area contributed by atoms with Gasteiger partial charge in [0.25, 0.3) is 5.91 Å². The van der Waals surface area contributed by atoms with Crippen LogP contribution in [0.4, 0.5) is 11.4 Å². The lowest BCUT2D eigenvalue weighted by molar-refractivity contribution is 0.102. The molecule has 0 radical (unpaired) electrons.